The minimum absolute atomic E-state index is 0.779. The van der Waals surface area contributed by atoms with E-state index in [1.165, 1.54) is 25.7 Å². The van der Waals surface area contributed by atoms with Crippen LogP contribution in [0.3, 0.4) is 0 Å². The summed E-state index contributed by atoms with van der Waals surface area (Å²) in [5.41, 5.74) is 0. The average molecular weight is 205 g/mol. The number of aromatic nitrogens is 2. The van der Waals surface area contributed by atoms with Gasteiger partial charge in [0.25, 0.3) is 0 Å². The Bertz CT molecular complexity index is 324. The van der Waals surface area contributed by atoms with Crippen molar-refractivity contribution in [1.29, 1.82) is 0 Å². The Labute approximate surface area is 90.9 Å². The average Bonchev–Trinajstić information content (AvgIpc) is 3.11. The monoisotopic (exact) mass is 205 g/mol. The van der Waals surface area contributed by atoms with Crippen LogP contribution >= 0.6 is 0 Å². The van der Waals surface area contributed by atoms with Gasteiger partial charge in [-0.25, -0.2) is 4.98 Å². The van der Waals surface area contributed by atoms with Crippen LogP contribution < -0.4 is 5.32 Å². The number of rotatable bonds is 5. The van der Waals surface area contributed by atoms with Crippen LogP contribution in [0.5, 0.6) is 0 Å². The third-order valence-electron chi connectivity index (χ3n) is 3.68. The van der Waals surface area contributed by atoms with Gasteiger partial charge in [0, 0.05) is 25.5 Å². The van der Waals surface area contributed by atoms with Crippen molar-refractivity contribution < 1.29 is 0 Å². The number of nitrogens with one attached hydrogen (secondary N) is 1. The highest BCUT2D eigenvalue weighted by Crippen LogP contribution is 2.44. The maximum atomic E-state index is 4.35. The molecule has 0 unspecified atom stereocenters. The molecule has 82 valence electrons. The molecule has 0 amide bonds. The second kappa shape index (κ2) is 3.63. The van der Waals surface area contributed by atoms with Gasteiger partial charge in [0.15, 0.2) is 0 Å². The van der Waals surface area contributed by atoms with Crippen molar-refractivity contribution >= 4 is 0 Å². The Morgan fingerprint density at radius 1 is 1.40 bits per heavy atom. The molecule has 0 aromatic carbocycles. The fourth-order valence-corrected chi connectivity index (χ4v) is 2.40. The number of hydrogen-bond acceptors (Lipinski definition) is 2. The van der Waals surface area contributed by atoms with Crippen molar-refractivity contribution in [2.75, 3.05) is 0 Å². The van der Waals surface area contributed by atoms with Crippen molar-refractivity contribution in [3.63, 3.8) is 0 Å². The summed E-state index contributed by atoms with van der Waals surface area (Å²) >= 11 is 0. The maximum Gasteiger partial charge on any atom is 0.122 e. The van der Waals surface area contributed by atoms with E-state index >= 15 is 0 Å². The summed E-state index contributed by atoms with van der Waals surface area (Å²) < 4.78 is 2.10. The van der Waals surface area contributed by atoms with Crippen LogP contribution in [0.2, 0.25) is 0 Å². The SMILES string of the molecule is Cn1ccnc1CNC(C1CC1)C1CC1. The van der Waals surface area contributed by atoms with Gasteiger partial charge in [-0.2, -0.15) is 0 Å². The summed E-state index contributed by atoms with van der Waals surface area (Å²) in [6.45, 7) is 0.932. The lowest BCUT2D eigenvalue weighted by atomic mass is 10.1. The smallest absolute Gasteiger partial charge is 0.122 e. The molecule has 2 saturated carbocycles. The van der Waals surface area contributed by atoms with E-state index in [2.05, 4.69) is 21.9 Å². The van der Waals surface area contributed by atoms with Crippen LogP contribution in [0.4, 0.5) is 0 Å². The molecule has 0 saturated heterocycles. The lowest BCUT2D eigenvalue weighted by molar-refractivity contribution is 0.408. The first-order valence-electron chi connectivity index (χ1n) is 6.04. The molecule has 3 heteroatoms. The molecule has 3 rings (SSSR count). The minimum Gasteiger partial charge on any atom is -0.337 e. The van der Waals surface area contributed by atoms with Crippen LogP contribution in [0, 0.1) is 11.8 Å². The molecule has 0 atom stereocenters. The fourth-order valence-electron chi connectivity index (χ4n) is 2.40. The Morgan fingerprint density at radius 3 is 2.53 bits per heavy atom. The molecule has 0 spiro atoms. The molecule has 1 heterocycles. The Hall–Kier alpha value is -0.830. The zero-order valence-corrected chi connectivity index (χ0v) is 9.32. The third kappa shape index (κ3) is 2.07. The van der Waals surface area contributed by atoms with E-state index in [1.807, 2.05) is 12.4 Å². The normalized spacial score (nSPS) is 21.2. The fraction of sp³-hybridized carbons (Fsp3) is 0.750. The van der Waals surface area contributed by atoms with Gasteiger partial charge >= 0.3 is 0 Å². The number of imidazole rings is 1. The van der Waals surface area contributed by atoms with Crippen LogP contribution in [0.25, 0.3) is 0 Å². The number of nitrogens with zero attached hydrogens (tertiary/aromatic N) is 2. The first-order valence-corrected chi connectivity index (χ1v) is 6.04. The topological polar surface area (TPSA) is 29.9 Å². The van der Waals surface area contributed by atoms with Crippen molar-refractivity contribution in [2.45, 2.75) is 38.3 Å². The predicted octanol–water partition coefficient (Wildman–Crippen LogP) is 1.70. The Balaban J connectivity index is 1.57. The molecule has 2 aliphatic carbocycles. The molecule has 1 aromatic rings. The molecule has 1 N–H and O–H groups in total. The lowest BCUT2D eigenvalue weighted by Gasteiger charge is -2.17. The van der Waals surface area contributed by atoms with E-state index in [0.717, 1.165) is 30.2 Å². The standard InChI is InChI=1S/C12H19N3/c1-15-7-6-13-11(15)8-14-12(9-2-3-9)10-4-5-10/h6-7,9-10,12,14H,2-5,8H2,1H3. The van der Waals surface area contributed by atoms with E-state index in [0.29, 0.717) is 0 Å². The highest BCUT2D eigenvalue weighted by Gasteiger charge is 2.41. The second-order valence-corrected chi connectivity index (χ2v) is 5.04. The third-order valence-corrected chi connectivity index (χ3v) is 3.68. The van der Waals surface area contributed by atoms with Crippen LogP contribution in [0.1, 0.15) is 31.5 Å². The number of hydrogen-bond donors (Lipinski definition) is 1. The summed E-state index contributed by atoms with van der Waals surface area (Å²) in [4.78, 5) is 4.35. The molecular weight excluding hydrogens is 186 g/mol. The molecule has 0 bridgehead atoms. The van der Waals surface area contributed by atoms with Crippen molar-refractivity contribution in [3.8, 4) is 0 Å². The first-order chi connectivity index (χ1) is 7.34. The van der Waals surface area contributed by atoms with Gasteiger partial charge in [-0.1, -0.05) is 0 Å². The van der Waals surface area contributed by atoms with Crippen LogP contribution in [-0.4, -0.2) is 15.6 Å². The summed E-state index contributed by atoms with van der Waals surface area (Å²) in [7, 11) is 2.06. The van der Waals surface area contributed by atoms with E-state index in [4.69, 9.17) is 0 Å². The minimum atomic E-state index is 0.779. The van der Waals surface area contributed by atoms with Gasteiger partial charge in [0.1, 0.15) is 5.82 Å². The highest BCUT2D eigenvalue weighted by atomic mass is 15.1. The second-order valence-electron chi connectivity index (χ2n) is 5.04. The van der Waals surface area contributed by atoms with E-state index in [-0.39, 0.29) is 0 Å². The molecule has 2 fully saturated rings. The van der Waals surface area contributed by atoms with Gasteiger partial charge in [0.2, 0.25) is 0 Å². The maximum absolute atomic E-state index is 4.35. The van der Waals surface area contributed by atoms with Gasteiger partial charge in [-0.3, -0.25) is 0 Å². The van der Waals surface area contributed by atoms with Crippen LogP contribution in [-0.2, 0) is 13.6 Å². The van der Waals surface area contributed by atoms with Crippen molar-refractivity contribution in [1.82, 2.24) is 14.9 Å². The Morgan fingerprint density at radius 2 is 2.07 bits per heavy atom. The summed E-state index contributed by atoms with van der Waals surface area (Å²) in [6, 6.07) is 0.779. The highest BCUT2D eigenvalue weighted by molar-refractivity contribution is 4.98. The van der Waals surface area contributed by atoms with Gasteiger partial charge in [-0.05, 0) is 37.5 Å². The zero-order valence-electron chi connectivity index (χ0n) is 9.32. The molecule has 1 aromatic heterocycles. The Kier molecular flexibility index (Phi) is 2.28. The lowest BCUT2D eigenvalue weighted by Crippen LogP contribution is -2.33. The molecule has 15 heavy (non-hydrogen) atoms. The predicted molar refractivity (Wildman–Crippen MR) is 59.3 cm³/mol. The van der Waals surface area contributed by atoms with Crippen molar-refractivity contribution in [3.05, 3.63) is 18.2 Å². The summed E-state index contributed by atoms with van der Waals surface area (Å²) in [5.74, 6) is 3.09. The van der Waals surface area contributed by atoms with E-state index in [9.17, 15) is 0 Å². The van der Waals surface area contributed by atoms with Gasteiger partial charge < -0.3 is 9.88 Å². The quantitative estimate of drug-likeness (QED) is 0.793. The summed E-state index contributed by atoms with van der Waals surface area (Å²) in [6.07, 6.45) is 9.65. The zero-order chi connectivity index (χ0) is 10.3. The first kappa shape index (κ1) is 9.40. The molecule has 0 aliphatic heterocycles. The molecule has 2 aliphatic rings. The van der Waals surface area contributed by atoms with Crippen LogP contribution in [0.15, 0.2) is 12.4 Å². The van der Waals surface area contributed by atoms with Gasteiger partial charge in [0.05, 0.1) is 6.54 Å². The van der Waals surface area contributed by atoms with Gasteiger partial charge in [-0.15, -0.1) is 0 Å². The molecular formula is C12H19N3. The number of aryl methyl sites for hydroxylation is 1. The largest absolute Gasteiger partial charge is 0.337 e. The molecule has 0 radical (unpaired) electrons. The van der Waals surface area contributed by atoms with E-state index in [1.54, 1.807) is 0 Å². The van der Waals surface area contributed by atoms with Crippen molar-refractivity contribution in [2.24, 2.45) is 18.9 Å². The summed E-state index contributed by atoms with van der Waals surface area (Å²) in [5, 5.41) is 3.70. The molecule has 3 nitrogen and oxygen atoms in total. The van der Waals surface area contributed by atoms with E-state index < -0.39 is 0 Å².